The highest BCUT2D eigenvalue weighted by Gasteiger charge is 2.23. The van der Waals surface area contributed by atoms with E-state index in [-0.39, 0.29) is 0 Å². The SMILES string of the molecule is CCCCCN(CC(C)(C)CNC(C)C)C(C)C. The monoisotopic (exact) mass is 256 g/mol. The number of unbranched alkanes of at least 4 members (excludes halogenated alkanes) is 2. The molecule has 0 bridgehead atoms. The standard InChI is InChI=1S/C16H36N2/c1-8-9-10-11-18(15(4)5)13-16(6,7)12-17-14(2)3/h14-15,17H,8-13H2,1-7H3. The number of nitrogens with one attached hydrogen (secondary N) is 1. The molecule has 18 heavy (non-hydrogen) atoms. The maximum absolute atomic E-state index is 3.57. The maximum Gasteiger partial charge on any atom is 0.00475 e. The molecule has 0 fully saturated rings. The van der Waals surface area contributed by atoms with E-state index >= 15 is 0 Å². The molecule has 0 rings (SSSR count). The molecule has 110 valence electrons. The molecule has 2 heteroatoms. The van der Waals surface area contributed by atoms with E-state index in [9.17, 15) is 0 Å². The molecule has 1 N–H and O–H groups in total. The molecule has 2 nitrogen and oxygen atoms in total. The zero-order chi connectivity index (χ0) is 14.2. The fourth-order valence-corrected chi connectivity index (χ4v) is 2.17. The lowest BCUT2D eigenvalue weighted by molar-refractivity contribution is 0.138. The van der Waals surface area contributed by atoms with Gasteiger partial charge in [-0.3, -0.25) is 0 Å². The highest BCUT2D eigenvalue weighted by atomic mass is 15.2. The minimum absolute atomic E-state index is 0.348. The summed E-state index contributed by atoms with van der Waals surface area (Å²) in [7, 11) is 0. The molecule has 0 saturated heterocycles. The van der Waals surface area contributed by atoms with Gasteiger partial charge in [-0.25, -0.2) is 0 Å². The van der Waals surface area contributed by atoms with Gasteiger partial charge in [-0.2, -0.15) is 0 Å². The van der Waals surface area contributed by atoms with Crippen LogP contribution in [-0.4, -0.2) is 36.6 Å². The molecule has 0 aliphatic rings. The quantitative estimate of drug-likeness (QED) is 0.596. The van der Waals surface area contributed by atoms with Crippen LogP contribution in [0.5, 0.6) is 0 Å². The van der Waals surface area contributed by atoms with E-state index in [1.807, 2.05) is 0 Å². The first-order valence-electron chi connectivity index (χ1n) is 7.76. The van der Waals surface area contributed by atoms with E-state index in [4.69, 9.17) is 0 Å². The highest BCUT2D eigenvalue weighted by molar-refractivity contribution is 4.78. The van der Waals surface area contributed by atoms with E-state index in [1.54, 1.807) is 0 Å². The van der Waals surface area contributed by atoms with Crippen LogP contribution in [0.2, 0.25) is 0 Å². The Hall–Kier alpha value is -0.0800. The first-order valence-corrected chi connectivity index (χ1v) is 7.76. The van der Waals surface area contributed by atoms with Gasteiger partial charge in [-0.1, -0.05) is 47.5 Å². The van der Waals surface area contributed by atoms with Gasteiger partial charge >= 0.3 is 0 Å². The van der Waals surface area contributed by atoms with Gasteiger partial charge in [-0.15, -0.1) is 0 Å². The summed E-state index contributed by atoms with van der Waals surface area (Å²) in [4.78, 5) is 2.64. The Morgan fingerprint density at radius 1 is 1.06 bits per heavy atom. The molecule has 0 aromatic heterocycles. The van der Waals surface area contributed by atoms with E-state index in [1.165, 1.54) is 32.4 Å². The van der Waals surface area contributed by atoms with Crippen molar-refractivity contribution in [2.75, 3.05) is 19.6 Å². The van der Waals surface area contributed by atoms with Crippen molar-refractivity contribution in [1.82, 2.24) is 10.2 Å². The minimum Gasteiger partial charge on any atom is -0.314 e. The zero-order valence-corrected chi connectivity index (χ0v) is 13.8. The van der Waals surface area contributed by atoms with Crippen LogP contribution >= 0.6 is 0 Å². The van der Waals surface area contributed by atoms with Crippen LogP contribution in [0.1, 0.15) is 67.7 Å². The Labute approximate surface area is 116 Å². The van der Waals surface area contributed by atoms with E-state index in [0.717, 1.165) is 6.54 Å². The molecule has 0 aromatic rings. The molecule has 0 atom stereocenters. The number of nitrogens with zero attached hydrogens (tertiary/aromatic N) is 1. The number of hydrogen-bond acceptors (Lipinski definition) is 2. The summed E-state index contributed by atoms with van der Waals surface area (Å²) >= 11 is 0. The smallest absolute Gasteiger partial charge is 0.00475 e. The number of hydrogen-bond donors (Lipinski definition) is 1. The minimum atomic E-state index is 0.348. The summed E-state index contributed by atoms with van der Waals surface area (Å²) in [6, 6.07) is 1.23. The Kier molecular flexibility index (Phi) is 8.89. The maximum atomic E-state index is 3.57. The van der Waals surface area contributed by atoms with Crippen molar-refractivity contribution in [2.45, 2.75) is 79.8 Å². The Morgan fingerprint density at radius 2 is 1.67 bits per heavy atom. The summed E-state index contributed by atoms with van der Waals surface area (Å²) in [6.45, 7) is 19.6. The first-order chi connectivity index (χ1) is 8.28. The third-order valence-corrected chi connectivity index (χ3v) is 3.40. The van der Waals surface area contributed by atoms with Gasteiger partial charge in [0.15, 0.2) is 0 Å². The molecule has 0 saturated carbocycles. The third kappa shape index (κ3) is 8.93. The number of rotatable bonds is 10. The average Bonchev–Trinajstić information content (AvgIpc) is 2.25. The summed E-state index contributed by atoms with van der Waals surface area (Å²) in [5, 5.41) is 3.57. The van der Waals surface area contributed by atoms with Crippen molar-refractivity contribution in [1.29, 1.82) is 0 Å². The second-order valence-corrected chi connectivity index (χ2v) is 6.97. The fraction of sp³-hybridized carbons (Fsp3) is 1.00. The largest absolute Gasteiger partial charge is 0.314 e. The molecule has 0 heterocycles. The molecule has 0 aliphatic carbocycles. The van der Waals surface area contributed by atoms with Gasteiger partial charge < -0.3 is 10.2 Å². The van der Waals surface area contributed by atoms with E-state index in [2.05, 4.69) is 58.7 Å². The van der Waals surface area contributed by atoms with Gasteiger partial charge in [0.1, 0.15) is 0 Å². The molecular formula is C16H36N2. The summed E-state index contributed by atoms with van der Waals surface area (Å²) < 4.78 is 0. The van der Waals surface area contributed by atoms with Crippen LogP contribution in [0.25, 0.3) is 0 Å². The van der Waals surface area contributed by atoms with Crippen molar-refractivity contribution in [3.8, 4) is 0 Å². The Balaban J connectivity index is 4.19. The fourth-order valence-electron chi connectivity index (χ4n) is 2.17. The van der Waals surface area contributed by atoms with Gasteiger partial charge in [0, 0.05) is 25.2 Å². The normalized spacial score (nSPS) is 13.0. The van der Waals surface area contributed by atoms with Crippen molar-refractivity contribution in [2.24, 2.45) is 5.41 Å². The third-order valence-electron chi connectivity index (χ3n) is 3.40. The summed E-state index contributed by atoms with van der Waals surface area (Å²) in [5.74, 6) is 0. The predicted octanol–water partition coefficient (Wildman–Crippen LogP) is 3.91. The van der Waals surface area contributed by atoms with Gasteiger partial charge in [0.05, 0.1) is 0 Å². The van der Waals surface area contributed by atoms with Crippen LogP contribution in [-0.2, 0) is 0 Å². The van der Waals surface area contributed by atoms with Crippen LogP contribution in [0.15, 0.2) is 0 Å². The summed E-state index contributed by atoms with van der Waals surface area (Å²) in [6.07, 6.45) is 4.00. The lowest BCUT2D eigenvalue weighted by Crippen LogP contribution is -2.44. The van der Waals surface area contributed by atoms with Gasteiger partial charge in [0.25, 0.3) is 0 Å². The topological polar surface area (TPSA) is 15.3 Å². The molecule has 0 radical (unpaired) electrons. The lowest BCUT2D eigenvalue weighted by Gasteiger charge is -2.36. The van der Waals surface area contributed by atoms with E-state index in [0.29, 0.717) is 17.5 Å². The van der Waals surface area contributed by atoms with E-state index < -0.39 is 0 Å². The van der Waals surface area contributed by atoms with Crippen LogP contribution < -0.4 is 5.32 Å². The van der Waals surface area contributed by atoms with Crippen molar-refractivity contribution >= 4 is 0 Å². The first kappa shape index (κ1) is 17.9. The van der Waals surface area contributed by atoms with Gasteiger partial charge in [0.2, 0.25) is 0 Å². The predicted molar refractivity (Wildman–Crippen MR) is 83.2 cm³/mol. The molecule has 0 spiro atoms. The average molecular weight is 256 g/mol. The molecular weight excluding hydrogens is 220 g/mol. The lowest BCUT2D eigenvalue weighted by atomic mass is 9.91. The molecule has 0 amide bonds. The van der Waals surface area contributed by atoms with Crippen LogP contribution in [0, 0.1) is 5.41 Å². The van der Waals surface area contributed by atoms with Crippen molar-refractivity contribution in [3.63, 3.8) is 0 Å². The van der Waals surface area contributed by atoms with Crippen LogP contribution in [0.4, 0.5) is 0 Å². The summed E-state index contributed by atoms with van der Waals surface area (Å²) in [5.41, 5.74) is 0.348. The molecule has 0 aromatic carbocycles. The molecule has 0 aliphatic heterocycles. The molecule has 0 unspecified atom stereocenters. The van der Waals surface area contributed by atoms with Crippen LogP contribution in [0.3, 0.4) is 0 Å². The highest BCUT2D eigenvalue weighted by Crippen LogP contribution is 2.18. The zero-order valence-electron chi connectivity index (χ0n) is 13.8. The second kappa shape index (κ2) is 8.92. The van der Waals surface area contributed by atoms with Crippen molar-refractivity contribution in [3.05, 3.63) is 0 Å². The second-order valence-electron chi connectivity index (χ2n) is 6.97. The van der Waals surface area contributed by atoms with Gasteiger partial charge in [-0.05, 0) is 32.2 Å². The Morgan fingerprint density at radius 3 is 2.11 bits per heavy atom. The Bertz CT molecular complexity index is 197. The van der Waals surface area contributed by atoms with Crippen molar-refractivity contribution < 1.29 is 0 Å².